The minimum absolute atomic E-state index is 0.281. The number of hydrogen-bond acceptors (Lipinski definition) is 5. The number of likely N-dealkylation sites (tertiary alicyclic amines) is 1. The number of nitriles is 1. The fourth-order valence-corrected chi connectivity index (χ4v) is 3.87. The summed E-state index contributed by atoms with van der Waals surface area (Å²) < 4.78 is 5.10. The molecule has 0 aromatic carbocycles. The Morgan fingerprint density at radius 1 is 1.38 bits per heavy atom. The summed E-state index contributed by atoms with van der Waals surface area (Å²) in [5.41, 5.74) is 0.139. The van der Waals surface area contributed by atoms with Crippen molar-refractivity contribution in [2.24, 2.45) is 5.41 Å². The fourth-order valence-electron chi connectivity index (χ4n) is 3.87. The van der Waals surface area contributed by atoms with Crippen LogP contribution in [0.2, 0.25) is 0 Å². The number of hydrogen-bond donors (Lipinski definition) is 0. The molecule has 24 heavy (non-hydrogen) atoms. The van der Waals surface area contributed by atoms with Crippen LogP contribution in [0.5, 0.6) is 0 Å². The normalized spacial score (nSPS) is 23.8. The zero-order valence-electron chi connectivity index (χ0n) is 14.2. The Balaban J connectivity index is 1.70. The summed E-state index contributed by atoms with van der Waals surface area (Å²) in [4.78, 5) is 21.6. The van der Waals surface area contributed by atoms with Crippen LogP contribution >= 0.6 is 0 Å². The molecule has 0 saturated carbocycles. The molecule has 1 aromatic rings. The van der Waals surface area contributed by atoms with Gasteiger partial charge in [0.15, 0.2) is 0 Å². The molecule has 1 atom stereocenters. The average Bonchev–Trinajstić information content (AvgIpc) is 3.04. The van der Waals surface area contributed by atoms with Crippen molar-refractivity contribution in [2.75, 3.05) is 44.8 Å². The second kappa shape index (κ2) is 7.18. The van der Waals surface area contributed by atoms with Crippen LogP contribution in [0.3, 0.4) is 0 Å². The van der Waals surface area contributed by atoms with Gasteiger partial charge in [-0.05, 0) is 37.8 Å². The Hall–Kier alpha value is -2.13. The molecule has 0 N–H and O–H groups in total. The number of aromatic nitrogens is 1. The van der Waals surface area contributed by atoms with E-state index in [-0.39, 0.29) is 11.3 Å². The molecule has 6 nitrogen and oxygen atoms in total. The van der Waals surface area contributed by atoms with Gasteiger partial charge in [0.1, 0.15) is 17.6 Å². The van der Waals surface area contributed by atoms with Crippen LogP contribution in [-0.4, -0.2) is 55.7 Å². The van der Waals surface area contributed by atoms with Crippen LogP contribution in [0, 0.1) is 16.7 Å². The van der Waals surface area contributed by atoms with Crippen LogP contribution in [0.1, 0.15) is 31.4 Å². The van der Waals surface area contributed by atoms with E-state index in [1.807, 2.05) is 17.0 Å². The minimum atomic E-state index is -0.282. The number of amides is 1. The van der Waals surface area contributed by atoms with Crippen molar-refractivity contribution in [3.05, 3.63) is 23.9 Å². The number of nitrogens with zero attached hydrogens (tertiary/aromatic N) is 4. The standard InChI is InChI=1S/C18H24N4O2/c1-24-12-4-10-21-9-3-7-18(17(21)23)8-11-22(14-18)16-6-2-5-15(13-19)20-16/h2,5-6H,3-4,7-12,14H2,1H3/t18-/m1/s1. The number of methoxy groups -OCH3 is 1. The van der Waals surface area contributed by atoms with Gasteiger partial charge >= 0.3 is 0 Å². The number of anilines is 1. The van der Waals surface area contributed by atoms with Crippen LogP contribution in [0.15, 0.2) is 18.2 Å². The average molecular weight is 328 g/mol. The van der Waals surface area contributed by atoms with Crippen LogP contribution in [0.25, 0.3) is 0 Å². The summed E-state index contributed by atoms with van der Waals surface area (Å²) in [5, 5.41) is 9.02. The predicted octanol–water partition coefficient (Wildman–Crippen LogP) is 1.81. The van der Waals surface area contributed by atoms with Crippen molar-refractivity contribution in [1.29, 1.82) is 5.26 Å². The summed E-state index contributed by atoms with van der Waals surface area (Å²) in [6, 6.07) is 7.56. The van der Waals surface area contributed by atoms with Gasteiger partial charge in [0, 0.05) is 39.9 Å². The molecule has 3 rings (SSSR count). The van der Waals surface area contributed by atoms with Gasteiger partial charge in [0.25, 0.3) is 0 Å². The molecule has 2 fully saturated rings. The van der Waals surface area contributed by atoms with Gasteiger partial charge in [-0.25, -0.2) is 4.98 Å². The quantitative estimate of drug-likeness (QED) is 0.771. The Morgan fingerprint density at radius 3 is 3.04 bits per heavy atom. The van der Waals surface area contributed by atoms with Gasteiger partial charge in [-0.3, -0.25) is 4.79 Å². The highest BCUT2D eigenvalue weighted by molar-refractivity contribution is 5.85. The van der Waals surface area contributed by atoms with Crippen molar-refractivity contribution in [3.63, 3.8) is 0 Å². The molecule has 1 aromatic heterocycles. The lowest BCUT2D eigenvalue weighted by Crippen LogP contribution is -2.50. The van der Waals surface area contributed by atoms with E-state index >= 15 is 0 Å². The number of piperidine rings is 1. The molecule has 0 radical (unpaired) electrons. The molecule has 1 spiro atoms. The predicted molar refractivity (Wildman–Crippen MR) is 90.5 cm³/mol. The lowest BCUT2D eigenvalue weighted by molar-refractivity contribution is -0.145. The van der Waals surface area contributed by atoms with Gasteiger partial charge in [-0.2, -0.15) is 5.26 Å². The van der Waals surface area contributed by atoms with Gasteiger partial charge in [0.2, 0.25) is 5.91 Å². The Kier molecular flexibility index (Phi) is 5.00. The summed E-state index contributed by atoms with van der Waals surface area (Å²) in [6.45, 7) is 3.84. The second-order valence-electron chi connectivity index (χ2n) is 6.69. The van der Waals surface area contributed by atoms with Crippen molar-refractivity contribution >= 4 is 11.7 Å². The van der Waals surface area contributed by atoms with Crippen molar-refractivity contribution in [3.8, 4) is 6.07 Å². The Morgan fingerprint density at radius 2 is 2.25 bits per heavy atom. The molecular formula is C18H24N4O2. The molecule has 128 valence electrons. The molecule has 0 unspecified atom stereocenters. The third-order valence-electron chi connectivity index (χ3n) is 5.13. The Bertz CT molecular complexity index is 642. The van der Waals surface area contributed by atoms with E-state index in [9.17, 15) is 4.79 Å². The Labute approximate surface area is 143 Å². The largest absolute Gasteiger partial charge is 0.385 e. The smallest absolute Gasteiger partial charge is 0.230 e. The molecule has 2 saturated heterocycles. The van der Waals surface area contributed by atoms with Gasteiger partial charge in [0.05, 0.1) is 5.41 Å². The second-order valence-corrected chi connectivity index (χ2v) is 6.69. The molecule has 0 bridgehead atoms. The first-order valence-electron chi connectivity index (χ1n) is 8.59. The summed E-state index contributed by atoms with van der Waals surface area (Å²) in [7, 11) is 1.69. The molecule has 2 aliphatic heterocycles. The number of ether oxygens (including phenoxy) is 1. The maximum absolute atomic E-state index is 13.0. The topological polar surface area (TPSA) is 69.5 Å². The lowest BCUT2D eigenvalue weighted by Gasteiger charge is -2.39. The summed E-state index contributed by atoms with van der Waals surface area (Å²) in [5.74, 6) is 1.08. The van der Waals surface area contributed by atoms with Crippen LogP contribution in [0.4, 0.5) is 5.82 Å². The highest BCUT2D eigenvalue weighted by Gasteiger charge is 2.48. The first-order valence-corrected chi connectivity index (χ1v) is 8.59. The maximum Gasteiger partial charge on any atom is 0.230 e. The van der Waals surface area contributed by atoms with Gasteiger partial charge in [-0.1, -0.05) is 6.07 Å². The van der Waals surface area contributed by atoms with E-state index in [1.165, 1.54) is 0 Å². The number of carbonyl (C=O) groups excluding carboxylic acids is 1. The van der Waals surface area contributed by atoms with Gasteiger partial charge in [-0.15, -0.1) is 0 Å². The van der Waals surface area contributed by atoms with E-state index in [1.54, 1.807) is 13.2 Å². The van der Waals surface area contributed by atoms with Crippen molar-refractivity contribution in [2.45, 2.75) is 25.7 Å². The summed E-state index contributed by atoms with van der Waals surface area (Å²) in [6.07, 6.45) is 3.75. The molecule has 1 amide bonds. The first-order chi connectivity index (χ1) is 11.7. The number of pyridine rings is 1. The number of carbonyl (C=O) groups is 1. The molecular weight excluding hydrogens is 304 g/mol. The third kappa shape index (κ3) is 3.22. The van der Waals surface area contributed by atoms with Crippen LogP contribution < -0.4 is 4.90 Å². The SMILES string of the molecule is COCCCN1CCC[C@]2(CCN(c3cccc(C#N)n3)C2)C1=O. The molecule has 6 heteroatoms. The number of rotatable bonds is 5. The maximum atomic E-state index is 13.0. The van der Waals surface area contributed by atoms with E-state index < -0.39 is 0 Å². The van der Waals surface area contributed by atoms with E-state index in [0.717, 1.165) is 51.1 Å². The summed E-state index contributed by atoms with van der Waals surface area (Å²) >= 11 is 0. The van der Waals surface area contributed by atoms with Crippen LogP contribution in [-0.2, 0) is 9.53 Å². The zero-order valence-corrected chi connectivity index (χ0v) is 14.2. The molecule has 2 aliphatic rings. The van der Waals surface area contributed by atoms with E-state index in [0.29, 0.717) is 18.8 Å². The molecule has 3 heterocycles. The fraction of sp³-hybridized carbons (Fsp3) is 0.611. The first kappa shape index (κ1) is 16.7. The van der Waals surface area contributed by atoms with E-state index in [2.05, 4.69) is 16.0 Å². The third-order valence-corrected chi connectivity index (χ3v) is 5.13. The zero-order chi connectivity index (χ0) is 17.0. The van der Waals surface area contributed by atoms with Gasteiger partial charge < -0.3 is 14.5 Å². The lowest BCUT2D eigenvalue weighted by atomic mass is 9.78. The highest BCUT2D eigenvalue weighted by Crippen LogP contribution is 2.41. The van der Waals surface area contributed by atoms with Crippen molar-refractivity contribution in [1.82, 2.24) is 9.88 Å². The van der Waals surface area contributed by atoms with Crippen molar-refractivity contribution < 1.29 is 9.53 Å². The van der Waals surface area contributed by atoms with E-state index in [4.69, 9.17) is 10.00 Å². The highest BCUT2D eigenvalue weighted by atomic mass is 16.5. The molecule has 0 aliphatic carbocycles. The minimum Gasteiger partial charge on any atom is -0.385 e. The monoisotopic (exact) mass is 328 g/mol.